The molecule has 3 rings (SSSR count). The van der Waals surface area contributed by atoms with Crippen molar-refractivity contribution >= 4 is 17.8 Å². The van der Waals surface area contributed by atoms with E-state index >= 15 is 0 Å². The van der Waals surface area contributed by atoms with Gasteiger partial charge in [0.1, 0.15) is 0 Å². The lowest BCUT2D eigenvalue weighted by molar-refractivity contribution is -0.384. The van der Waals surface area contributed by atoms with Crippen LogP contribution in [0.1, 0.15) is 22.8 Å². The number of amides is 1. The highest BCUT2D eigenvalue weighted by atomic mass is 16.7. The zero-order chi connectivity index (χ0) is 18.5. The summed E-state index contributed by atoms with van der Waals surface area (Å²) < 4.78 is 10.6. The second-order valence-corrected chi connectivity index (χ2v) is 5.89. The molecule has 134 valence electrons. The Balaban J connectivity index is 1.52. The average Bonchev–Trinajstić information content (AvgIpc) is 3.09. The average molecular weight is 355 g/mol. The van der Waals surface area contributed by atoms with Crippen LogP contribution >= 0.6 is 0 Å². The van der Waals surface area contributed by atoms with Crippen molar-refractivity contribution in [1.29, 1.82) is 0 Å². The number of fused-ring (bicyclic) bond motifs is 1. The lowest BCUT2D eigenvalue weighted by Crippen LogP contribution is -2.18. The summed E-state index contributed by atoms with van der Waals surface area (Å²) in [7, 11) is 0. The fraction of sp³-hybridized carbons (Fsp3) is 0.222. The molecule has 2 aromatic rings. The highest BCUT2D eigenvalue weighted by Crippen LogP contribution is 2.32. The zero-order valence-corrected chi connectivity index (χ0v) is 14.0. The van der Waals surface area contributed by atoms with Crippen LogP contribution in [0.2, 0.25) is 0 Å². The first-order chi connectivity index (χ1) is 12.5. The van der Waals surface area contributed by atoms with Gasteiger partial charge in [-0.25, -0.2) is 5.43 Å². The predicted molar refractivity (Wildman–Crippen MR) is 94.5 cm³/mol. The Hall–Kier alpha value is -3.42. The number of ether oxygens (including phenoxy) is 2. The van der Waals surface area contributed by atoms with Gasteiger partial charge < -0.3 is 9.47 Å². The Morgan fingerprint density at radius 3 is 2.73 bits per heavy atom. The predicted octanol–water partition coefficient (Wildman–Crippen LogP) is 2.92. The number of hydrogen-bond donors (Lipinski definition) is 1. The number of non-ortho nitro benzene ring substituents is 1. The van der Waals surface area contributed by atoms with Gasteiger partial charge in [0.25, 0.3) is 11.6 Å². The van der Waals surface area contributed by atoms with Gasteiger partial charge in [0, 0.05) is 23.9 Å². The van der Waals surface area contributed by atoms with E-state index in [0.717, 1.165) is 23.5 Å². The minimum Gasteiger partial charge on any atom is -0.454 e. The summed E-state index contributed by atoms with van der Waals surface area (Å²) in [5, 5.41) is 14.6. The molecule has 1 N–H and O–H groups in total. The number of hydrazone groups is 1. The molecular weight excluding hydrogens is 338 g/mol. The molecule has 1 heterocycles. The third-order valence-corrected chi connectivity index (χ3v) is 3.83. The third kappa shape index (κ3) is 4.15. The fourth-order valence-electron chi connectivity index (χ4n) is 2.51. The number of carbonyl (C=O) groups is 1. The van der Waals surface area contributed by atoms with Crippen molar-refractivity contribution in [1.82, 2.24) is 5.43 Å². The molecule has 2 aromatic carbocycles. The maximum Gasteiger partial charge on any atom is 0.271 e. The minimum atomic E-state index is -0.516. The molecule has 0 radical (unpaired) electrons. The molecule has 0 spiro atoms. The lowest BCUT2D eigenvalue weighted by atomic mass is 10.0. The van der Waals surface area contributed by atoms with Crippen LogP contribution in [0.25, 0.3) is 0 Å². The number of carbonyl (C=O) groups excluding carboxylic acids is 1. The Morgan fingerprint density at radius 1 is 1.27 bits per heavy atom. The summed E-state index contributed by atoms with van der Waals surface area (Å²) in [5.74, 6) is 1.14. The van der Waals surface area contributed by atoms with Crippen molar-refractivity contribution in [2.45, 2.75) is 13.3 Å². The largest absolute Gasteiger partial charge is 0.454 e. The fourth-order valence-corrected chi connectivity index (χ4v) is 2.51. The Bertz CT molecular complexity index is 848. The Labute approximate surface area is 149 Å². The Kier molecular flexibility index (Phi) is 5.12. The molecular formula is C18H17N3O5. The van der Waals surface area contributed by atoms with E-state index < -0.39 is 10.8 Å². The second-order valence-electron chi connectivity index (χ2n) is 5.89. The number of hydrogen-bond acceptors (Lipinski definition) is 6. The van der Waals surface area contributed by atoms with Crippen LogP contribution in [0.15, 0.2) is 47.6 Å². The van der Waals surface area contributed by atoms with Gasteiger partial charge in [0.05, 0.1) is 4.92 Å². The zero-order valence-electron chi connectivity index (χ0n) is 14.0. The van der Waals surface area contributed by atoms with Crippen LogP contribution < -0.4 is 14.9 Å². The van der Waals surface area contributed by atoms with Gasteiger partial charge in [0.15, 0.2) is 11.5 Å². The van der Waals surface area contributed by atoms with Gasteiger partial charge in [-0.2, -0.15) is 5.10 Å². The topological polar surface area (TPSA) is 103 Å². The number of rotatable bonds is 6. The molecule has 0 saturated carbocycles. The molecule has 0 fully saturated rings. The lowest BCUT2D eigenvalue weighted by Gasteiger charge is -2.07. The van der Waals surface area contributed by atoms with Crippen molar-refractivity contribution in [3.05, 3.63) is 63.7 Å². The SMILES string of the molecule is CC(/C=N\NC(=O)c1ccc([N+](=O)[O-])cc1)Cc1ccc2c(c1)OCO2. The smallest absolute Gasteiger partial charge is 0.271 e. The van der Waals surface area contributed by atoms with Gasteiger partial charge in [0.2, 0.25) is 6.79 Å². The van der Waals surface area contributed by atoms with Gasteiger partial charge in [-0.05, 0) is 42.2 Å². The Morgan fingerprint density at radius 2 is 2.00 bits per heavy atom. The molecule has 0 aromatic heterocycles. The van der Waals surface area contributed by atoms with Crippen LogP contribution in [0.3, 0.4) is 0 Å². The number of nitro groups is 1. The number of benzene rings is 2. The molecule has 1 atom stereocenters. The standard InChI is InChI=1S/C18H17N3O5/c1-12(8-13-2-7-16-17(9-13)26-11-25-16)10-19-20-18(22)14-3-5-15(6-4-14)21(23)24/h2-7,9-10,12H,8,11H2,1H3,(H,20,22)/b19-10-. The molecule has 1 aliphatic heterocycles. The van der Waals surface area contributed by atoms with Crippen molar-refractivity contribution in [2.24, 2.45) is 11.0 Å². The van der Waals surface area contributed by atoms with Crippen molar-refractivity contribution in [2.75, 3.05) is 6.79 Å². The van der Waals surface area contributed by atoms with Crippen molar-refractivity contribution in [3.8, 4) is 11.5 Å². The van der Waals surface area contributed by atoms with E-state index in [2.05, 4.69) is 10.5 Å². The highest BCUT2D eigenvalue weighted by molar-refractivity contribution is 5.94. The van der Waals surface area contributed by atoms with Gasteiger partial charge in [-0.3, -0.25) is 14.9 Å². The van der Waals surface area contributed by atoms with E-state index in [-0.39, 0.29) is 18.4 Å². The monoisotopic (exact) mass is 355 g/mol. The molecule has 1 amide bonds. The van der Waals surface area contributed by atoms with Crippen LogP contribution in [-0.4, -0.2) is 23.8 Å². The maximum atomic E-state index is 12.0. The van der Waals surface area contributed by atoms with Gasteiger partial charge in [-0.15, -0.1) is 0 Å². The van der Waals surface area contributed by atoms with Crippen LogP contribution in [-0.2, 0) is 6.42 Å². The molecule has 1 unspecified atom stereocenters. The van der Waals surface area contributed by atoms with Crippen molar-refractivity contribution < 1.29 is 19.2 Å². The normalized spacial score (nSPS) is 13.6. The van der Waals surface area contributed by atoms with Gasteiger partial charge in [-0.1, -0.05) is 13.0 Å². The van der Waals surface area contributed by atoms with E-state index in [0.29, 0.717) is 5.56 Å². The van der Waals surface area contributed by atoms with E-state index in [1.54, 1.807) is 6.21 Å². The first-order valence-electron chi connectivity index (χ1n) is 7.99. The summed E-state index contributed by atoms with van der Waals surface area (Å²) in [6, 6.07) is 11.1. The molecule has 0 bridgehead atoms. The molecule has 0 saturated heterocycles. The summed E-state index contributed by atoms with van der Waals surface area (Å²) >= 11 is 0. The quantitative estimate of drug-likeness (QED) is 0.487. The van der Waals surface area contributed by atoms with E-state index in [9.17, 15) is 14.9 Å². The number of nitrogens with one attached hydrogen (secondary N) is 1. The molecule has 0 aliphatic carbocycles. The van der Waals surface area contributed by atoms with Crippen LogP contribution in [0, 0.1) is 16.0 Å². The molecule has 8 nitrogen and oxygen atoms in total. The van der Waals surface area contributed by atoms with Crippen LogP contribution in [0.4, 0.5) is 5.69 Å². The van der Waals surface area contributed by atoms with E-state index in [4.69, 9.17) is 9.47 Å². The summed E-state index contributed by atoms with van der Waals surface area (Å²) in [6.45, 7) is 2.22. The first-order valence-corrected chi connectivity index (χ1v) is 7.99. The number of nitrogens with zero attached hydrogens (tertiary/aromatic N) is 2. The van der Waals surface area contributed by atoms with E-state index in [1.807, 2.05) is 25.1 Å². The minimum absolute atomic E-state index is 0.0672. The first kappa shape index (κ1) is 17.4. The summed E-state index contributed by atoms with van der Waals surface area (Å²) in [4.78, 5) is 22.1. The highest BCUT2D eigenvalue weighted by Gasteiger charge is 2.14. The molecule has 1 aliphatic rings. The summed E-state index contributed by atoms with van der Waals surface area (Å²) in [6.07, 6.45) is 2.38. The third-order valence-electron chi connectivity index (χ3n) is 3.83. The summed E-state index contributed by atoms with van der Waals surface area (Å²) in [5.41, 5.74) is 3.74. The van der Waals surface area contributed by atoms with E-state index in [1.165, 1.54) is 24.3 Å². The number of nitro benzene ring substituents is 1. The molecule has 26 heavy (non-hydrogen) atoms. The van der Waals surface area contributed by atoms with Crippen molar-refractivity contribution in [3.63, 3.8) is 0 Å². The molecule has 8 heteroatoms. The van der Waals surface area contributed by atoms with Crippen LogP contribution in [0.5, 0.6) is 11.5 Å². The second kappa shape index (κ2) is 7.64. The van der Waals surface area contributed by atoms with Gasteiger partial charge >= 0.3 is 0 Å². The maximum absolute atomic E-state index is 12.0.